The fraction of sp³-hybridized carbons (Fsp3) is 0.615. The second-order valence-electron chi connectivity index (χ2n) is 5.03. The number of hydroxylamine groups is 2. The van der Waals surface area contributed by atoms with Crippen LogP contribution in [0.5, 0.6) is 0 Å². The Hall–Kier alpha value is -1.93. The lowest BCUT2D eigenvalue weighted by atomic mass is 10.2. The van der Waals surface area contributed by atoms with E-state index in [0.29, 0.717) is 18.5 Å². The van der Waals surface area contributed by atoms with Crippen LogP contribution in [0.2, 0.25) is 0 Å². The maximum Gasteiger partial charge on any atom is 0.330 e. The minimum atomic E-state index is -0.619. The first-order valence-corrected chi connectivity index (χ1v) is 6.81. The van der Waals surface area contributed by atoms with Gasteiger partial charge in [-0.15, -0.1) is 5.06 Å². The highest BCUT2D eigenvalue weighted by Gasteiger charge is 2.30. The van der Waals surface area contributed by atoms with Gasteiger partial charge in [-0.05, 0) is 13.3 Å². The first kappa shape index (κ1) is 15.5. The van der Waals surface area contributed by atoms with Crippen molar-refractivity contribution in [3.8, 4) is 0 Å². The summed E-state index contributed by atoms with van der Waals surface area (Å²) in [7, 11) is 0. The number of hydrogen-bond acceptors (Lipinski definition) is 6. The monoisotopic (exact) mass is 297 g/mol. The Bertz CT molecular complexity index is 635. The summed E-state index contributed by atoms with van der Waals surface area (Å²) >= 11 is 0. The Balaban J connectivity index is 2.29. The number of aromatic nitrogens is 2. The van der Waals surface area contributed by atoms with Crippen molar-refractivity contribution in [3.05, 3.63) is 32.6 Å². The number of H-pyrrole nitrogens is 1. The van der Waals surface area contributed by atoms with E-state index >= 15 is 0 Å². The van der Waals surface area contributed by atoms with Crippen LogP contribution in [-0.2, 0) is 14.4 Å². The third-order valence-corrected chi connectivity index (χ3v) is 3.29. The highest BCUT2D eigenvalue weighted by Crippen LogP contribution is 2.20. The molecule has 0 aromatic carbocycles. The fourth-order valence-electron chi connectivity index (χ4n) is 2.22. The number of carbonyl (C=O) groups excluding carboxylic acids is 1. The van der Waals surface area contributed by atoms with Crippen LogP contribution in [0.4, 0.5) is 0 Å². The Kier molecular flexibility index (Phi) is 4.59. The van der Waals surface area contributed by atoms with Gasteiger partial charge in [-0.2, -0.15) is 0 Å². The van der Waals surface area contributed by atoms with Crippen LogP contribution < -0.4 is 11.2 Å². The van der Waals surface area contributed by atoms with E-state index < -0.39 is 23.4 Å². The van der Waals surface area contributed by atoms with E-state index in [2.05, 4.69) is 4.98 Å². The number of aromatic amines is 1. The summed E-state index contributed by atoms with van der Waals surface area (Å²) in [6.45, 7) is 5.55. The Labute approximate surface area is 121 Å². The van der Waals surface area contributed by atoms with Gasteiger partial charge in [-0.1, -0.05) is 6.92 Å². The van der Waals surface area contributed by atoms with E-state index in [1.165, 1.54) is 22.8 Å². The van der Waals surface area contributed by atoms with Crippen molar-refractivity contribution in [2.24, 2.45) is 0 Å². The topological polar surface area (TPSA) is 93.6 Å². The molecule has 1 saturated heterocycles. The number of ether oxygens (including phenoxy) is 1. The van der Waals surface area contributed by atoms with E-state index in [9.17, 15) is 14.4 Å². The molecular weight excluding hydrogens is 278 g/mol. The Morgan fingerprint density at radius 3 is 2.81 bits per heavy atom. The molecule has 2 heterocycles. The third kappa shape index (κ3) is 3.59. The Morgan fingerprint density at radius 1 is 1.48 bits per heavy atom. The van der Waals surface area contributed by atoms with Crippen molar-refractivity contribution < 1.29 is 14.4 Å². The number of nitrogens with zero attached hydrogens (tertiary/aromatic N) is 2. The zero-order valence-corrected chi connectivity index (χ0v) is 12.3. The summed E-state index contributed by atoms with van der Waals surface area (Å²) in [6, 6.07) is 0. The van der Waals surface area contributed by atoms with Crippen LogP contribution in [0, 0.1) is 6.92 Å². The second kappa shape index (κ2) is 6.23. The number of aryl methyl sites for hydroxylation is 1. The van der Waals surface area contributed by atoms with Gasteiger partial charge >= 0.3 is 11.7 Å². The molecule has 0 radical (unpaired) electrons. The van der Waals surface area contributed by atoms with Crippen molar-refractivity contribution >= 4 is 5.97 Å². The van der Waals surface area contributed by atoms with Crippen molar-refractivity contribution in [2.75, 3.05) is 13.1 Å². The molecule has 0 aliphatic carbocycles. The lowest BCUT2D eigenvalue weighted by Crippen LogP contribution is -2.48. The number of carbonyl (C=O) groups is 1. The minimum absolute atomic E-state index is 0.165. The van der Waals surface area contributed by atoms with E-state index in [4.69, 9.17) is 9.57 Å². The molecule has 1 fully saturated rings. The molecule has 116 valence electrons. The zero-order chi connectivity index (χ0) is 15.6. The van der Waals surface area contributed by atoms with Crippen LogP contribution in [0.3, 0.4) is 0 Å². The van der Waals surface area contributed by atoms with Gasteiger partial charge in [-0.3, -0.25) is 19.1 Å². The van der Waals surface area contributed by atoms with E-state index in [1.54, 1.807) is 6.92 Å². The molecule has 0 spiro atoms. The largest absolute Gasteiger partial charge is 0.368 e. The number of morpholine rings is 1. The molecule has 21 heavy (non-hydrogen) atoms. The van der Waals surface area contributed by atoms with Crippen LogP contribution in [-0.4, -0.2) is 39.8 Å². The van der Waals surface area contributed by atoms with Crippen molar-refractivity contribution in [3.63, 3.8) is 0 Å². The molecule has 1 aromatic rings. The molecule has 2 unspecified atom stereocenters. The molecule has 2 atom stereocenters. The molecule has 0 bridgehead atoms. The maximum atomic E-state index is 11.9. The molecule has 1 aliphatic rings. The van der Waals surface area contributed by atoms with E-state index in [0.717, 1.165) is 0 Å². The molecule has 1 N–H and O–H groups in total. The maximum absolute atomic E-state index is 11.9. The summed E-state index contributed by atoms with van der Waals surface area (Å²) in [4.78, 5) is 41.8. The van der Waals surface area contributed by atoms with Crippen molar-refractivity contribution in [1.29, 1.82) is 0 Å². The summed E-state index contributed by atoms with van der Waals surface area (Å²) in [5.74, 6) is -0.421. The van der Waals surface area contributed by atoms with Gasteiger partial charge in [-0.25, -0.2) is 4.79 Å². The normalized spacial score (nSPS) is 23.0. The van der Waals surface area contributed by atoms with E-state index in [-0.39, 0.29) is 12.6 Å². The lowest BCUT2D eigenvalue weighted by Gasteiger charge is -2.36. The average molecular weight is 297 g/mol. The van der Waals surface area contributed by atoms with Crippen molar-refractivity contribution in [1.82, 2.24) is 14.6 Å². The molecule has 0 saturated carbocycles. The smallest absolute Gasteiger partial charge is 0.330 e. The summed E-state index contributed by atoms with van der Waals surface area (Å²) in [5, 5.41) is 1.48. The summed E-state index contributed by atoms with van der Waals surface area (Å²) in [6.07, 6.45) is 1.38. The van der Waals surface area contributed by atoms with Gasteiger partial charge in [0.1, 0.15) is 0 Å². The van der Waals surface area contributed by atoms with Crippen LogP contribution in [0.1, 0.15) is 32.1 Å². The standard InChI is InChI=1S/C13H19N3O5/c1-4-10-6-15(21-9(3)17)7-11(20-10)16-5-8(2)12(18)14-13(16)19/h5,10-11H,4,6-7H2,1-3H3,(H,14,18,19). The van der Waals surface area contributed by atoms with Gasteiger partial charge in [0.15, 0.2) is 6.23 Å². The van der Waals surface area contributed by atoms with Crippen LogP contribution >= 0.6 is 0 Å². The number of rotatable bonds is 3. The molecule has 0 amide bonds. The Morgan fingerprint density at radius 2 is 2.19 bits per heavy atom. The minimum Gasteiger partial charge on any atom is -0.368 e. The number of hydrogen-bond donors (Lipinski definition) is 1. The van der Waals surface area contributed by atoms with Gasteiger partial charge in [0.25, 0.3) is 5.56 Å². The quantitative estimate of drug-likeness (QED) is 0.839. The first-order chi connectivity index (χ1) is 9.90. The molecule has 2 rings (SSSR count). The molecule has 8 heteroatoms. The molecule has 1 aliphatic heterocycles. The van der Waals surface area contributed by atoms with Crippen LogP contribution in [0.25, 0.3) is 0 Å². The third-order valence-electron chi connectivity index (χ3n) is 3.29. The van der Waals surface area contributed by atoms with Gasteiger partial charge < -0.3 is 9.57 Å². The number of nitrogens with one attached hydrogen (secondary N) is 1. The second-order valence-corrected chi connectivity index (χ2v) is 5.03. The molecular formula is C13H19N3O5. The van der Waals surface area contributed by atoms with Gasteiger partial charge in [0.05, 0.1) is 19.2 Å². The lowest BCUT2D eigenvalue weighted by molar-refractivity contribution is -0.239. The highest BCUT2D eigenvalue weighted by molar-refractivity contribution is 5.65. The molecule has 1 aromatic heterocycles. The van der Waals surface area contributed by atoms with Crippen molar-refractivity contribution in [2.45, 2.75) is 39.5 Å². The first-order valence-electron chi connectivity index (χ1n) is 6.81. The predicted molar refractivity (Wildman–Crippen MR) is 73.6 cm³/mol. The zero-order valence-electron chi connectivity index (χ0n) is 12.3. The van der Waals surface area contributed by atoms with Gasteiger partial charge in [0.2, 0.25) is 0 Å². The summed E-state index contributed by atoms with van der Waals surface area (Å²) in [5.41, 5.74) is -0.554. The van der Waals surface area contributed by atoms with Gasteiger partial charge in [0, 0.05) is 18.7 Å². The molecule has 8 nitrogen and oxygen atoms in total. The fourth-order valence-corrected chi connectivity index (χ4v) is 2.22. The average Bonchev–Trinajstić information content (AvgIpc) is 2.41. The SMILES string of the molecule is CCC1CN(OC(C)=O)CC(n2cc(C)c(=O)[nH]c2=O)O1. The highest BCUT2D eigenvalue weighted by atomic mass is 16.7. The van der Waals surface area contributed by atoms with E-state index in [1.807, 2.05) is 6.92 Å². The predicted octanol–water partition coefficient (Wildman–Crippen LogP) is -0.0675. The summed E-state index contributed by atoms with van der Waals surface area (Å²) < 4.78 is 7.13. The van der Waals surface area contributed by atoms with Crippen LogP contribution in [0.15, 0.2) is 15.8 Å².